The summed E-state index contributed by atoms with van der Waals surface area (Å²) in [5.41, 5.74) is 15.4. The fourth-order valence-corrected chi connectivity index (χ4v) is 4.12. The van der Waals surface area contributed by atoms with Gasteiger partial charge in [-0.25, -0.2) is 0 Å². The first-order valence-electron chi connectivity index (χ1n) is 12.9. The third kappa shape index (κ3) is 8.33. The summed E-state index contributed by atoms with van der Waals surface area (Å²) < 4.78 is 0. The van der Waals surface area contributed by atoms with E-state index in [0.29, 0.717) is 24.2 Å². The number of benzene rings is 2. The van der Waals surface area contributed by atoms with E-state index in [0.717, 1.165) is 80.9 Å². The van der Waals surface area contributed by atoms with E-state index in [9.17, 15) is 15.0 Å². The van der Waals surface area contributed by atoms with Crippen molar-refractivity contribution in [2.75, 3.05) is 11.9 Å². The molecule has 2 aromatic carbocycles. The van der Waals surface area contributed by atoms with Crippen LogP contribution >= 0.6 is 0 Å². The number of nitrogens with one attached hydrogen (secondary N) is 1. The third-order valence-electron chi connectivity index (χ3n) is 6.24. The SMILES string of the molecule is CCCCCc1cc(NC(=O)[C@@H](N)CCCCN)c(O)c(-c2ccc(O)c(CCCCC)c2)c1. The number of rotatable bonds is 15. The molecular formula is C28H43N3O3. The molecule has 0 saturated heterocycles. The zero-order chi connectivity index (χ0) is 24.9. The maximum absolute atomic E-state index is 12.7. The van der Waals surface area contributed by atoms with E-state index in [-0.39, 0.29) is 17.4 Å². The molecule has 6 heteroatoms. The average Bonchev–Trinajstić information content (AvgIpc) is 2.82. The van der Waals surface area contributed by atoms with Crippen molar-refractivity contribution in [3.63, 3.8) is 0 Å². The molecule has 0 unspecified atom stereocenters. The van der Waals surface area contributed by atoms with Gasteiger partial charge in [0.15, 0.2) is 0 Å². The van der Waals surface area contributed by atoms with Gasteiger partial charge < -0.3 is 27.0 Å². The van der Waals surface area contributed by atoms with Crippen LogP contribution in [-0.2, 0) is 17.6 Å². The second-order valence-corrected chi connectivity index (χ2v) is 9.18. The van der Waals surface area contributed by atoms with Gasteiger partial charge in [-0.15, -0.1) is 0 Å². The fourth-order valence-electron chi connectivity index (χ4n) is 4.12. The molecule has 0 fully saturated rings. The van der Waals surface area contributed by atoms with Gasteiger partial charge in [0, 0.05) is 5.56 Å². The number of carbonyl (C=O) groups is 1. The predicted octanol–water partition coefficient (Wildman–Crippen LogP) is 5.63. The normalized spacial score (nSPS) is 12.0. The highest BCUT2D eigenvalue weighted by Gasteiger charge is 2.18. The molecule has 0 spiro atoms. The number of hydrogen-bond acceptors (Lipinski definition) is 5. The van der Waals surface area contributed by atoms with Crippen LogP contribution in [0.15, 0.2) is 30.3 Å². The van der Waals surface area contributed by atoms with Crippen LogP contribution in [0.2, 0.25) is 0 Å². The molecule has 7 N–H and O–H groups in total. The van der Waals surface area contributed by atoms with E-state index in [4.69, 9.17) is 11.5 Å². The van der Waals surface area contributed by atoms with Crippen molar-refractivity contribution < 1.29 is 15.0 Å². The topological polar surface area (TPSA) is 122 Å². The minimum absolute atomic E-state index is 0.0203. The number of anilines is 1. The highest BCUT2D eigenvalue weighted by atomic mass is 16.3. The lowest BCUT2D eigenvalue weighted by atomic mass is 9.95. The zero-order valence-corrected chi connectivity index (χ0v) is 20.9. The molecule has 6 nitrogen and oxygen atoms in total. The summed E-state index contributed by atoms with van der Waals surface area (Å²) in [5.74, 6) is -0.0164. The lowest BCUT2D eigenvalue weighted by molar-refractivity contribution is -0.117. The Morgan fingerprint density at radius 2 is 1.65 bits per heavy atom. The van der Waals surface area contributed by atoms with E-state index in [1.165, 1.54) is 0 Å². The molecule has 0 saturated carbocycles. The molecule has 1 amide bonds. The first-order valence-corrected chi connectivity index (χ1v) is 12.9. The van der Waals surface area contributed by atoms with Gasteiger partial charge in [0.25, 0.3) is 0 Å². The minimum Gasteiger partial charge on any atom is -0.508 e. The van der Waals surface area contributed by atoms with Crippen LogP contribution in [0.5, 0.6) is 11.5 Å². The van der Waals surface area contributed by atoms with Crippen molar-refractivity contribution in [2.45, 2.75) is 90.5 Å². The minimum atomic E-state index is -0.656. The van der Waals surface area contributed by atoms with Gasteiger partial charge in [0.1, 0.15) is 11.5 Å². The van der Waals surface area contributed by atoms with Crippen molar-refractivity contribution >= 4 is 11.6 Å². The average molecular weight is 470 g/mol. The maximum Gasteiger partial charge on any atom is 0.241 e. The Labute approximate surface area is 204 Å². The maximum atomic E-state index is 12.7. The highest BCUT2D eigenvalue weighted by Crippen LogP contribution is 2.39. The van der Waals surface area contributed by atoms with Crippen molar-refractivity contribution in [1.29, 1.82) is 0 Å². The lowest BCUT2D eigenvalue weighted by Crippen LogP contribution is -2.35. The van der Waals surface area contributed by atoms with Crippen molar-refractivity contribution in [2.24, 2.45) is 11.5 Å². The molecule has 0 aromatic heterocycles. The molecule has 34 heavy (non-hydrogen) atoms. The number of nitrogens with two attached hydrogens (primary N) is 2. The van der Waals surface area contributed by atoms with Gasteiger partial charge in [-0.3, -0.25) is 4.79 Å². The molecule has 0 heterocycles. The van der Waals surface area contributed by atoms with E-state index < -0.39 is 6.04 Å². The Morgan fingerprint density at radius 3 is 2.32 bits per heavy atom. The van der Waals surface area contributed by atoms with Crippen LogP contribution in [-0.4, -0.2) is 28.7 Å². The number of aryl methyl sites for hydroxylation is 2. The van der Waals surface area contributed by atoms with Gasteiger partial charge in [-0.2, -0.15) is 0 Å². The summed E-state index contributed by atoms with van der Waals surface area (Å²) in [6, 6.07) is 8.63. The zero-order valence-electron chi connectivity index (χ0n) is 20.9. The van der Waals surface area contributed by atoms with E-state index >= 15 is 0 Å². The number of hydrogen-bond donors (Lipinski definition) is 5. The number of unbranched alkanes of at least 4 members (excludes halogenated alkanes) is 5. The number of phenols is 2. The molecule has 0 aliphatic rings. The Bertz CT molecular complexity index is 914. The van der Waals surface area contributed by atoms with Gasteiger partial charge >= 0.3 is 0 Å². The quantitative estimate of drug-likeness (QED) is 0.171. The van der Waals surface area contributed by atoms with Crippen molar-refractivity contribution in [3.05, 3.63) is 41.5 Å². The summed E-state index contributed by atoms with van der Waals surface area (Å²) in [7, 11) is 0. The number of carbonyl (C=O) groups excluding carboxylic acids is 1. The Morgan fingerprint density at radius 1 is 0.941 bits per heavy atom. The second-order valence-electron chi connectivity index (χ2n) is 9.18. The van der Waals surface area contributed by atoms with Crippen LogP contribution in [0.25, 0.3) is 11.1 Å². The van der Waals surface area contributed by atoms with Crippen molar-refractivity contribution in [1.82, 2.24) is 0 Å². The van der Waals surface area contributed by atoms with E-state index in [1.54, 1.807) is 6.07 Å². The first kappa shape index (κ1) is 27.7. The van der Waals surface area contributed by atoms with E-state index in [1.807, 2.05) is 24.3 Å². The molecule has 0 radical (unpaired) electrons. The molecular weight excluding hydrogens is 426 g/mol. The summed E-state index contributed by atoms with van der Waals surface area (Å²) >= 11 is 0. The van der Waals surface area contributed by atoms with Gasteiger partial charge in [-0.05, 0) is 86.0 Å². The third-order valence-corrected chi connectivity index (χ3v) is 6.24. The Balaban J connectivity index is 2.36. The summed E-state index contributed by atoms with van der Waals surface area (Å²) in [6.45, 7) is 4.89. The first-order chi connectivity index (χ1) is 16.4. The smallest absolute Gasteiger partial charge is 0.241 e. The van der Waals surface area contributed by atoms with Crippen LogP contribution in [0, 0.1) is 0 Å². The number of aromatic hydroxyl groups is 2. The predicted molar refractivity (Wildman–Crippen MR) is 141 cm³/mol. The molecule has 2 rings (SSSR count). The van der Waals surface area contributed by atoms with Gasteiger partial charge in [0.05, 0.1) is 11.7 Å². The molecule has 188 valence electrons. The molecule has 1 atom stereocenters. The van der Waals surface area contributed by atoms with Crippen molar-refractivity contribution in [3.8, 4) is 22.6 Å². The number of amides is 1. The van der Waals surface area contributed by atoms with Crippen LogP contribution in [0.4, 0.5) is 5.69 Å². The monoisotopic (exact) mass is 469 g/mol. The second kappa shape index (κ2) is 14.6. The Hall–Kier alpha value is -2.57. The fraction of sp³-hybridized carbons (Fsp3) is 0.536. The largest absolute Gasteiger partial charge is 0.508 e. The Kier molecular flexibility index (Phi) is 11.9. The molecule has 0 aliphatic heterocycles. The summed E-state index contributed by atoms with van der Waals surface area (Å²) in [4.78, 5) is 12.7. The van der Waals surface area contributed by atoms with Gasteiger partial charge in [-0.1, -0.05) is 52.0 Å². The van der Waals surface area contributed by atoms with Crippen LogP contribution in [0.1, 0.15) is 82.8 Å². The molecule has 2 aromatic rings. The lowest BCUT2D eigenvalue weighted by Gasteiger charge is -2.17. The van der Waals surface area contributed by atoms with Crippen LogP contribution in [0.3, 0.4) is 0 Å². The van der Waals surface area contributed by atoms with E-state index in [2.05, 4.69) is 19.2 Å². The standard InChI is InChI=1S/C28H43N3O3/c1-3-5-7-11-20-17-23(21-14-15-26(32)22(19-21)12-8-6-4-2)27(33)25(18-20)31-28(34)24(30)13-9-10-16-29/h14-15,17-19,24,32-33H,3-13,16,29-30H2,1-2H3,(H,31,34)/t24-/m0/s1. The highest BCUT2D eigenvalue weighted by molar-refractivity contribution is 5.97. The van der Waals surface area contributed by atoms with Gasteiger partial charge in [0.2, 0.25) is 5.91 Å². The number of phenolic OH excluding ortho intramolecular Hbond substituents is 2. The molecule has 0 aliphatic carbocycles. The van der Waals surface area contributed by atoms with Crippen LogP contribution < -0.4 is 16.8 Å². The summed E-state index contributed by atoms with van der Waals surface area (Å²) in [6.07, 6.45) is 10.3. The summed E-state index contributed by atoms with van der Waals surface area (Å²) in [5, 5.41) is 24.3. The molecule has 0 bridgehead atoms.